The van der Waals surface area contributed by atoms with Crippen molar-refractivity contribution >= 4 is 40.6 Å². The number of esters is 1. The first-order valence-electron chi connectivity index (χ1n) is 7.15. The van der Waals surface area contributed by atoms with Crippen LogP contribution in [0.3, 0.4) is 0 Å². The fourth-order valence-corrected chi connectivity index (χ4v) is 2.81. The number of methoxy groups -OCH3 is 1. The summed E-state index contributed by atoms with van der Waals surface area (Å²) < 4.78 is 18.3. The van der Waals surface area contributed by atoms with Gasteiger partial charge in [0, 0.05) is 11.4 Å². The number of carbonyl (C=O) groups is 1. The molecule has 1 aliphatic heterocycles. The molecule has 1 atom stereocenters. The number of hydrogen-bond donors (Lipinski definition) is 0. The molecule has 2 aromatic rings. The summed E-state index contributed by atoms with van der Waals surface area (Å²) in [4.78, 5) is 12.1. The molecule has 0 spiro atoms. The number of halogens is 3. The molecular weight excluding hydrogens is 354 g/mol. The van der Waals surface area contributed by atoms with E-state index in [9.17, 15) is 9.18 Å². The van der Waals surface area contributed by atoms with Gasteiger partial charge >= 0.3 is 5.97 Å². The van der Waals surface area contributed by atoms with E-state index in [0.29, 0.717) is 22.8 Å². The summed E-state index contributed by atoms with van der Waals surface area (Å²) in [5.41, 5.74) is 2.08. The zero-order valence-electron chi connectivity index (χ0n) is 12.7. The number of carbonyl (C=O) groups excluding carboxylic acids is 1. The lowest BCUT2D eigenvalue weighted by molar-refractivity contribution is -0.141. The van der Waals surface area contributed by atoms with E-state index in [2.05, 4.69) is 5.10 Å². The van der Waals surface area contributed by atoms with Crippen molar-refractivity contribution in [2.45, 2.75) is 12.5 Å². The molecule has 0 radical (unpaired) electrons. The predicted molar refractivity (Wildman–Crippen MR) is 92.3 cm³/mol. The molecule has 124 valence electrons. The van der Waals surface area contributed by atoms with Crippen LogP contribution in [0.2, 0.25) is 10.0 Å². The van der Waals surface area contributed by atoms with Crippen molar-refractivity contribution < 1.29 is 13.9 Å². The minimum Gasteiger partial charge on any atom is -0.467 e. The van der Waals surface area contributed by atoms with E-state index in [-0.39, 0.29) is 5.02 Å². The Hall–Kier alpha value is -2.11. The summed E-state index contributed by atoms with van der Waals surface area (Å²) in [5.74, 6) is -0.959. The molecule has 0 bridgehead atoms. The number of anilines is 1. The number of hydrogen-bond acceptors (Lipinski definition) is 4. The van der Waals surface area contributed by atoms with E-state index < -0.39 is 17.8 Å². The monoisotopic (exact) mass is 366 g/mol. The molecule has 4 nitrogen and oxygen atoms in total. The van der Waals surface area contributed by atoms with Gasteiger partial charge in [0.2, 0.25) is 0 Å². The van der Waals surface area contributed by atoms with Gasteiger partial charge in [0.1, 0.15) is 5.82 Å². The van der Waals surface area contributed by atoms with Crippen LogP contribution in [-0.4, -0.2) is 24.8 Å². The third-order valence-electron chi connectivity index (χ3n) is 3.73. The summed E-state index contributed by atoms with van der Waals surface area (Å²) >= 11 is 11.7. The highest BCUT2D eigenvalue weighted by atomic mass is 35.5. The Balaban J connectivity index is 2.00. The normalized spacial score (nSPS) is 16.9. The van der Waals surface area contributed by atoms with Crippen molar-refractivity contribution in [1.29, 1.82) is 0 Å². The van der Waals surface area contributed by atoms with E-state index >= 15 is 0 Å². The lowest BCUT2D eigenvalue weighted by Gasteiger charge is -2.21. The van der Waals surface area contributed by atoms with Crippen molar-refractivity contribution in [1.82, 2.24) is 0 Å². The van der Waals surface area contributed by atoms with E-state index in [0.717, 1.165) is 5.56 Å². The van der Waals surface area contributed by atoms with Crippen molar-refractivity contribution in [2.24, 2.45) is 5.10 Å². The summed E-state index contributed by atoms with van der Waals surface area (Å²) in [6, 6.07) is 10.7. The third kappa shape index (κ3) is 3.23. The second-order valence-corrected chi connectivity index (χ2v) is 6.08. The summed E-state index contributed by atoms with van der Waals surface area (Å²) in [6.45, 7) is 0. The molecule has 0 fully saturated rings. The van der Waals surface area contributed by atoms with Gasteiger partial charge in [-0.3, -0.25) is 5.01 Å². The van der Waals surface area contributed by atoms with Crippen LogP contribution in [0.25, 0.3) is 0 Å². The van der Waals surface area contributed by atoms with E-state index in [1.807, 2.05) is 12.1 Å². The number of nitrogens with zero attached hydrogens (tertiary/aromatic N) is 2. The Morgan fingerprint density at radius 2 is 1.96 bits per heavy atom. The van der Waals surface area contributed by atoms with Crippen LogP contribution in [0.1, 0.15) is 12.0 Å². The highest BCUT2D eigenvalue weighted by Gasteiger charge is 2.35. The van der Waals surface area contributed by atoms with Crippen molar-refractivity contribution in [3.8, 4) is 0 Å². The van der Waals surface area contributed by atoms with Gasteiger partial charge in [0.25, 0.3) is 0 Å². The topological polar surface area (TPSA) is 41.9 Å². The van der Waals surface area contributed by atoms with E-state index in [1.165, 1.54) is 30.3 Å². The van der Waals surface area contributed by atoms with Gasteiger partial charge < -0.3 is 4.74 Å². The number of hydrazone groups is 1. The average molecular weight is 367 g/mol. The predicted octanol–water partition coefficient (Wildman–Crippen LogP) is 4.29. The second-order valence-electron chi connectivity index (χ2n) is 5.24. The van der Waals surface area contributed by atoms with Crippen LogP contribution in [0.15, 0.2) is 47.6 Å². The average Bonchev–Trinajstić information content (AvgIpc) is 3.02. The van der Waals surface area contributed by atoms with Crippen LogP contribution in [0.4, 0.5) is 10.1 Å². The van der Waals surface area contributed by atoms with Gasteiger partial charge in [-0.2, -0.15) is 5.10 Å². The summed E-state index contributed by atoms with van der Waals surface area (Å²) in [7, 11) is 1.32. The Morgan fingerprint density at radius 1 is 1.25 bits per heavy atom. The Kier molecular flexibility index (Phi) is 4.73. The molecule has 0 amide bonds. The highest BCUT2D eigenvalue weighted by molar-refractivity contribution is 6.31. The summed E-state index contributed by atoms with van der Waals surface area (Å²) in [5, 5.41) is 6.58. The van der Waals surface area contributed by atoms with Crippen molar-refractivity contribution in [2.75, 3.05) is 12.1 Å². The first-order chi connectivity index (χ1) is 11.5. The Morgan fingerprint density at radius 3 is 2.58 bits per heavy atom. The Labute approximate surface area is 148 Å². The number of rotatable bonds is 3. The molecule has 0 saturated carbocycles. The lowest BCUT2D eigenvalue weighted by atomic mass is 10.0. The van der Waals surface area contributed by atoms with Crippen molar-refractivity contribution in [3.05, 3.63) is 63.9 Å². The molecule has 2 aromatic carbocycles. The number of benzene rings is 2. The van der Waals surface area contributed by atoms with Gasteiger partial charge in [0.15, 0.2) is 6.04 Å². The highest BCUT2D eigenvalue weighted by Crippen LogP contribution is 2.30. The smallest absolute Gasteiger partial charge is 0.331 e. The van der Waals surface area contributed by atoms with Crippen LogP contribution < -0.4 is 5.01 Å². The zero-order chi connectivity index (χ0) is 17.3. The maximum atomic E-state index is 13.4. The lowest BCUT2D eigenvalue weighted by Crippen LogP contribution is -2.35. The van der Waals surface area contributed by atoms with Crippen molar-refractivity contribution in [3.63, 3.8) is 0 Å². The molecular formula is C17H13Cl2FN2O2. The largest absolute Gasteiger partial charge is 0.467 e. The fourth-order valence-electron chi connectivity index (χ4n) is 2.51. The van der Waals surface area contributed by atoms with Gasteiger partial charge in [-0.05, 0) is 35.9 Å². The molecule has 0 aromatic heterocycles. The van der Waals surface area contributed by atoms with Crippen LogP contribution in [-0.2, 0) is 9.53 Å². The van der Waals surface area contributed by atoms with E-state index in [1.54, 1.807) is 12.1 Å². The minimum atomic E-state index is -0.637. The molecule has 0 N–H and O–H groups in total. The SMILES string of the molecule is COC(=O)C1CC(c2ccc(Cl)cc2)=NN1c1ccc(F)c(Cl)c1. The summed E-state index contributed by atoms with van der Waals surface area (Å²) in [6.07, 6.45) is 0.364. The Bertz CT molecular complexity index is 809. The maximum absolute atomic E-state index is 13.4. The third-order valence-corrected chi connectivity index (χ3v) is 4.27. The fraction of sp³-hybridized carbons (Fsp3) is 0.176. The van der Waals surface area contributed by atoms with Gasteiger partial charge in [-0.15, -0.1) is 0 Å². The first kappa shape index (κ1) is 16.7. The second kappa shape index (κ2) is 6.79. The van der Waals surface area contributed by atoms with Crippen LogP contribution >= 0.6 is 23.2 Å². The van der Waals surface area contributed by atoms with Gasteiger partial charge in [0.05, 0.1) is 23.5 Å². The van der Waals surface area contributed by atoms with Gasteiger partial charge in [-0.25, -0.2) is 9.18 Å². The molecule has 1 heterocycles. The van der Waals surface area contributed by atoms with Crippen LogP contribution in [0, 0.1) is 5.82 Å². The van der Waals surface area contributed by atoms with Crippen LogP contribution in [0.5, 0.6) is 0 Å². The molecule has 1 unspecified atom stereocenters. The quantitative estimate of drug-likeness (QED) is 0.761. The molecule has 7 heteroatoms. The van der Waals surface area contributed by atoms with Gasteiger partial charge in [-0.1, -0.05) is 35.3 Å². The molecule has 0 aliphatic carbocycles. The minimum absolute atomic E-state index is 0.0359. The molecule has 3 rings (SSSR count). The maximum Gasteiger partial charge on any atom is 0.331 e. The molecule has 24 heavy (non-hydrogen) atoms. The first-order valence-corrected chi connectivity index (χ1v) is 7.90. The molecule has 0 saturated heterocycles. The standard InChI is InChI=1S/C17H13Cl2FN2O2/c1-24-17(23)16-9-15(10-2-4-11(18)5-3-10)21-22(16)12-6-7-14(20)13(19)8-12/h2-8,16H,9H2,1H3. The molecule has 1 aliphatic rings. The zero-order valence-corrected chi connectivity index (χ0v) is 14.2. The number of ether oxygens (including phenoxy) is 1. The van der Waals surface area contributed by atoms with E-state index in [4.69, 9.17) is 27.9 Å².